The van der Waals surface area contributed by atoms with Crippen LogP contribution in [-0.2, 0) is 13.1 Å². The van der Waals surface area contributed by atoms with Crippen LogP contribution in [0.4, 0.5) is 0 Å². The Balaban J connectivity index is 1.24. The molecule has 0 aromatic heterocycles. The molecule has 1 N–H and O–H groups in total. The van der Waals surface area contributed by atoms with Crippen molar-refractivity contribution in [2.45, 2.75) is 45.7 Å². The molecule has 154 valence electrons. The maximum atomic E-state index is 4.54. The average Bonchev–Trinajstić information content (AvgIpc) is 3.17. The average molecular weight is 384 g/mol. The molecule has 2 saturated heterocycles. The number of nitrogens with zero attached hydrogens (tertiary/aromatic N) is 4. The van der Waals surface area contributed by atoms with Crippen LogP contribution in [0.25, 0.3) is 0 Å². The van der Waals surface area contributed by atoms with Crippen molar-refractivity contribution in [1.29, 1.82) is 0 Å². The van der Waals surface area contributed by atoms with Crippen molar-refractivity contribution in [2.75, 3.05) is 52.9 Å². The first-order valence-corrected chi connectivity index (χ1v) is 11.2. The van der Waals surface area contributed by atoms with E-state index >= 15 is 0 Å². The number of aliphatic imine (C=N–C) groups is 1. The third kappa shape index (κ3) is 4.52. The molecule has 3 fully saturated rings. The van der Waals surface area contributed by atoms with Crippen LogP contribution in [0.15, 0.2) is 29.3 Å². The lowest BCUT2D eigenvalue weighted by molar-refractivity contribution is 0.132. The van der Waals surface area contributed by atoms with Gasteiger partial charge in [-0.15, -0.1) is 0 Å². The summed E-state index contributed by atoms with van der Waals surface area (Å²) in [5.41, 5.74) is 3.37. The highest BCUT2D eigenvalue weighted by atomic mass is 15.3. The number of hydrogen-bond donors (Lipinski definition) is 1. The lowest BCUT2D eigenvalue weighted by Crippen LogP contribution is -2.45. The highest BCUT2D eigenvalue weighted by molar-refractivity contribution is 5.80. The number of likely N-dealkylation sites (tertiary alicyclic amines) is 1. The van der Waals surface area contributed by atoms with E-state index in [4.69, 9.17) is 0 Å². The Labute approximate surface area is 170 Å². The second-order valence-corrected chi connectivity index (χ2v) is 8.95. The SMILES string of the molecule is CCN1CCN(Cc2ccc(CNC(=NC)N3CCC4(CCC4)C3)cc2)CC1. The normalized spacial score (nSPS) is 23.2. The topological polar surface area (TPSA) is 34.1 Å². The fourth-order valence-electron chi connectivity index (χ4n) is 5.00. The van der Waals surface area contributed by atoms with Crippen molar-refractivity contribution in [1.82, 2.24) is 20.0 Å². The van der Waals surface area contributed by atoms with Crippen LogP contribution in [-0.4, -0.2) is 73.5 Å². The van der Waals surface area contributed by atoms with Gasteiger partial charge >= 0.3 is 0 Å². The van der Waals surface area contributed by atoms with Crippen molar-refractivity contribution in [3.8, 4) is 0 Å². The van der Waals surface area contributed by atoms with E-state index in [1.807, 2.05) is 7.05 Å². The molecule has 0 atom stereocenters. The first-order valence-electron chi connectivity index (χ1n) is 11.2. The van der Waals surface area contributed by atoms with Gasteiger partial charge < -0.3 is 15.1 Å². The molecule has 1 saturated carbocycles. The minimum absolute atomic E-state index is 0.613. The summed E-state index contributed by atoms with van der Waals surface area (Å²) in [7, 11) is 1.91. The number of likely N-dealkylation sites (N-methyl/N-ethyl adjacent to an activating group) is 1. The third-order valence-electron chi connectivity index (χ3n) is 7.16. The van der Waals surface area contributed by atoms with Crippen molar-refractivity contribution in [3.05, 3.63) is 35.4 Å². The van der Waals surface area contributed by atoms with E-state index in [1.165, 1.54) is 76.1 Å². The summed E-state index contributed by atoms with van der Waals surface area (Å²) in [6, 6.07) is 9.14. The van der Waals surface area contributed by atoms with E-state index in [2.05, 4.69) is 56.2 Å². The Morgan fingerprint density at radius 2 is 1.64 bits per heavy atom. The van der Waals surface area contributed by atoms with E-state index in [0.29, 0.717) is 5.41 Å². The zero-order valence-electron chi connectivity index (χ0n) is 17.8. The Morgan fingerprint density at radius 3 is 2.21 bits per heavy atom. The van der Waals surface area contributed by atoms with E-state index in [-0.39, 0.29) is 0 Å². The van der Waals surface area contributed by atoms with Crippen molar-refractivity contribution >= 4 is 5.96 Å². The Kier molecular flexibility index (Phi) is 6.22. The molecular weight excluding hydrogens is 346 g/mol. The molecule has 28 heavy (non-hydrogen) atoms. The molecule has 0 unspecified atom stereocenters. The van der Waals surface area contributed by atoms with Crippen LogP contribution < -0.4 is 5.32 Å². The van der Waals surface area contributed by atoms with Gasteiger partial charge in [0.1, 0.15) is 0 Å². The highest BCUT2D eigenvalue weighted by Crippen LogP contribution is 2.47. The predicted molar refractivity (Wildman–Crippen MR) is 117 cm³/mol. The monoisotopic (exact) mass is 383 g/mol. The van der Waals surface area contributed by atoms with E-state index < -0.39 is 0 Å². The van der Waals surface area contributed by atoms with Gasteiger partial charge in [-0.05, 0) is 42.3 Å². The maximum Gasteiger partial charge on any atom is 0.193 e. The molecule has 4 rings (SSSR count). The molecule has 5 nitrogen and oxygen atoms in total. The van der Waals surface area contributed by atoms with Crippen molar-refractivity contribution in [3.63, 3.8) is 0 Å². The molecule has 1 aromatic rings. The third-order valence-corrected chi connectivity index (χ3v) is 7.16. The highest BCUT2D eigenvalue weighted by Gasteiger charge is 2.43. The molecule has 2 aliphatic heterocycles. The Morgan fingerprint density at radius 1 is 0.964 bits per heavy atom. The van der Waals surface area contributed by atoms with Crippen LogP contribution in [0.5, 0.6) is 0 Å². The number of guanidine groups is 1. The van der Waals surface area contributed by atoms with E-state index in [1.54, 1.807) is 0 Å². The zero-order chi connectivity index (χ0) is 19.4. The summed E-state index contributed by atoms with van der Waals surface area (Å²) >= 11 is 0. The second-order valence-electron chi connectivity index (χ2n) is 8.95. The summed E-state index contributed by atoms with van der Waals surface area (Å²) in [5.74, 6) is 1.07. The molecule has 3 aliphatic rings. The first-order chi connectivity index (χ1) is 13.7. The summed E-state index contributed by atoms with van der Waals surface area (Å²) in [6.07, 6.45) is 5.58. The quantitative estimate of drug-likeness (QED) is 0.626. The summed E-state index contributed by atoms with van der Waals surface area (Å²) in [4.78, 5) is 12.1. The summed E-state index contributed by atoms with van der Waals surface area (Å²) < 4.78 is 0. The van der Waals surface area contributed by atoms with Gasteiger partial charge in [0, 0.05) is 59.4 Å². The van der Waals surface area contributed by atoms with Gasteiger partial charge in [0.05, 0.1) is 0 Å². The molecule has 5 heteroatoms. The number of rotatable bonds is 5. The second kappa shape index (κ2) is 8.83. The molecule has 0 bridgehead atoms. The van der Waals surface area contributed by atoms with Gasteiger partial charge in [-0.1, -0.05) is 37.6 Å². The van der Waals surface area contributed by atoms with E-state index in [0.717, 1.165) is 25.6 Å². The maximum absolute atomic E-state index is 4.54. The van der Waals surface area contributed by atoms with Crippen LogP contribution >= 0.6 is 0 Å². The molecule has 0 radical (unpaired) electrons. The standard InChI is InChI=1S/C23H37N5/c1-3-26-13-15-27(16-14-26)18-21-7-5-20(6-8-21)17-25-22(24-2)28-12-11-23(19-28)9-4-10-23/h5-8H,3-4,9-19H2,1-2H3,(H,24,25). The first kappa shape index (κ1) is 19.7. The van der Waals surface area contributed by atoms with Crippen LogP contribution in [0.1, 0.15) is 43.7 Å². The molecule has 1 aliphatic carbocycles. The molecular formula is C23H37N5. The van der Waals surface area contributed by atoms with Crippen molar-refractivity contribution in [2.24, 2.45) is 10.4 Å². The molecule has 0 amide bonds. The lowest BCUT2D eigenvalue weighted by Gasteiger charge is -2.38. The van der Waals surface area contributed by atoms with Crippen molar-refractivity contribution < 1.29 is 0 Å². The fourth-order valence-corrected chi connectivity index (χ4v) is 5.00. The fraction of sp³-hybridized carbons (Fsp3) is 0.696. The van der Waals surface area contributed by atoms with Gasteiger partial charge in [-0.3, -0.25) is 9.89 Å². The lowest BCUT2D eigenvalue weighted by atomic mass is 9.68. The predicted octanol–water partition coefficient (Wildman–Crippen LogP) is 2.78. The Hall–Kier alpha value is -1.59. The zero-order valence-corrected chi connectivity index (χ0v) is 17.8. The molecule has 1 spiro atoms. The van der Waals surface area contributed by atoms with Crippen LogP contribution in [0.3, 0.4) is 0 Å². The van der Waals surface area contributed by atoms with Crippen LogP contribution in [0, 0.1) is 5.41 Å². The minimum atomic E-state index is 0.613. The number of nitrogens with one attached hydrogen (secondary N) is 1. The molecule has 2 heterocycles. The minimum Gasteiger partial charge on any atom is -0.352 e. The summed E-state index contributed by atoms with van der Waals surface area (Å²) in [6.45, 7) is 12.5. The van der Waals surface area contributed by atoms with Gasteiger partial charge in [0.15, 0.2) is 5.96 Å². The van der Waals surface area contributed by atoms with Gasteiger partial charge in [-0.2, -0.15) is 0 Å². The van der Waals surface area contributed by atoms with Crippen LogP contribution in [0.2, 0.25) is 0 Å². The Bertz CT molecular complexity index is 656. The van der Waals surface area contributed by atoms with E-state index in [9.17, 15) is 0 Å². The summed E-state index contributed by atoms with van der Waals surface area (Å²) in [5, 5.41) is 3.59. The largest absolute Gasteiger partial charge is 0.352 e. The number of piperazine rings is 1. The molecule has 1 aromatic carbocycles. The smallest absolute Gasteiger partial charge is 0.193 e. The van der Waals surface area contributed by atoms with Gasteiger partial charge in [0.25, 0.3) is 0 Å². The van der Waals surface area contributed by atoms with Gasteiger partial charge in [0.2, 0.25) is 0 Å². The number of benzene rings is 1. The van der Waals surface area contributed by atoms with Gasteiger partial charge in [-0.25, -0.2) is 0 Å². The number of hydrogen-bond acceptors (Lipinski definition) is 3.